The van der Waals surface area contributed by atoms with E-state index in [4.69, 9.17) is 14.3 Å². The Morgan fingerprint density at radius 3 is 2.63 bits per heavy atom. The van der Waals surface area contributed by atoms with Crippen molar-refractivity contribution in [1.29, 1.82) is 0 Å². The van der Waals surface area contributed by atoms with E-state index in [9.17, 15) is 19.5 Å². The fourth-order valence-corrected chi connectivity index (χ4v) is 10.5. The van der Waals surface area contributed by atoms with Crippen molar-refractivity contribution in [3.05, 3.63) is 113 Å². The SMILES string of the molecule is CCNC(=O)[C@@]1(OC(=O)c2ccco2)CCC2C3CCC4=Cc5c(cnn5-c5cccc(C(=O)NCc6ccccc6)c5)C[C@]4(C)C3C(O)C[C@@]21C. The number of carbonyl (C=O) groups excluding carboxylic acids is 3. The number of benzene rings is 2. The van der Waals surface area contributed by atoms with Gasteiger partial charge in [-0.15, -0.1) is 0 Å². The number of aliphatic hydroxyl groups excluding tert-OH is 1. The molecule has 0 saturated heterocycles. The molecule has 270 valence electrons. The van der Waals surface area contributed by atoms with E-state index in [1.165, 1.54) is 11.8 Å². The number of nitrogens with one attached hydrogen (secondary N) is 2. The summed E-state index contributed by atoms with van der Waals surface area (Å²) in [5.74, 6) is -0.881. The molecule has 4 aliphatic carbocycles. The predicted molar refractivity (Wildman–Crippen MR) is 194 cm³/mol. The second-order valence-electron chi connectivity index (χ2n) is 15.6. The minimum atomic E-state index is -1.42. The average molecular weight is 703 g/mol. The Morgan fingerprint density at radius 1 is 1.04 bits per heavy atom. The number of aliphatic hydroxyl groups is 1. The molecule has 2 aromatic carbocycles. The number of ether oxygens (including phenoxy) is 1. The van der Waals surface area contributed by atoms with E-state index >= 15 is 0 Å². The number of esters is 1. The molecule has 7 atom stereocenters. The summed E-state index contributed by atoms with van der Waals surface area (Å²) in [6, 6.07) is 20.6. The van der Waals surface area contributed by atoms with Gasteiger partial charge in [0, 0.05) is 24.1 Å². The smallest absolute Gasteiger partial charge is 0.375 e. The van der Waals surface area contributed by atoms with Crippen molar-refractivity contribution in [3.8, 4) is 5.69 Å². The van der Waals surface area contributed by atoms with Gasteiger partial charge in [0.1, 0.15) is 0 Å². The Bertz CT molecular complexity index is 2040. The Labute approximate surface area is 303 Å². The van der Waals surface area contributed by atoms with Crippen LogP contribution in [0.25, 0.3) is 11.8 Å². The topological polar surface area (TPSA) is 136 Å². The summed E-state index contributed by atoms with van der Waals surface area (Å²) in [7, 11) is 0. The fourth-order valence-electron chi connectivity index (χ4n) is 10.5. The molecule has 2 amide bonds. The van der Waals surface area contributed by atoms with Crippen LogP contribution in [0.5, 0.6) is 0 Å². The minimum absolute atomic E-state index is 0.0375. The molecule has 3 N–H and O–H groups in total. The molecule has 4 aliphatic rings. The predicted octanol–water partition coefficient (Wildman–Crippen LogP) is 6.28. The Balaban J connectivity index is 1.06. The zero-order chi connectivity index (χ0) is 36.3. The molecule has 2 aromatic heterocycles. The second-order valence-corrected chi connectivity index (χ2v) is 15.6. The van der Waals surface area contributed by atoms with Gasteiger partial charge in [-0.25, -0.2) is 9.48 Å². The summed E-state index contributed by atoms with van der Waals surface area (Å²) in [6.45, 7) is 7.03. The Hall–Kier alpha value is -4.96. The average Bonchev–Trinajstić information content (AvgIpc) is 3.89. The molecule has 4 aromatic rings. The number of hydrogen-bond acceptors (Lipinski definition) is 7. The van der Waals surface area contributed by atoms with E-state index in [2.05, 4.69) is 23.6 Å². The third-order valence-electron chi connectivity index (χ3n) is 12.9. The zero-order valence-electron chi connectivity index (χ0n) is 29.9. The molecule has 0 radical (unpaired) electrons. The van der Waals surface area contributed by atoms with Crippen LogP contribution in [0.1, 0.15) is 90.6 Å². The Kier molecular flexibility index (Phi) is 8.48. The van der Waals surface area contributed by atoms with Crippen LogP contribution in [0.3, 0.4) is 0 Å². The molecule has 0 aliphatic heterocycles. The fraction of sp³-hybridized carbons (Fsp3) is 0.429. The van der Waals surface area contributed by atoms with Crippen molar-refractivity contribution < 1.29 is 28.6 Å². The summed E-state index contributed by atoms with van der Waals surface area (Å²) < 4.78 is 13.5. The van der Waals surface area contributed by atoms with Crippen LogP contribution >= 0.6 is 0 Å². The van der Waals surface area contributed by atoms with Crippen molar-refractivity contribution in [3.63, 3.8) is 0 Å². The first-order valence-electron chi connectivity index (χ1n) is 18.5. The summed E-state index contributed by atoms with van der Waals surface area (Å²) in [6.07, 6.45) is 8.77. The van der Waals surface area contributed by atoms with Crippen LogP contribution in [-0.2, 0) is 22.5 Å². The number of likely N-dealkylation sites (N-methyl/N-ethyl adjacent to an activating group) is 1. The van der Waals surface area contributed by atoms with Crippen molar-refractivity contribution in [2.24, 2.45) is 28.6 Å². The normalized spacial score (nSPS) is 30.2. The molecule has 4 unspecified atom stereocenters. The van der Waals surface area contributed by atoms with Crippen molar-refractivity contribution in [2.45, 2.75) is 77.5 Å². The molecule has 0 spiro atoms. The summed E-state index contributed by atoms with van der Waals surface area (Å²) in [5, 5.41) is 23.0. The van der Waals surface area contributed by atoms with Gasteiger partial charge in [0.05, 0.1) is 29.9 Å². The maximum absolute atomic E-state index is 14.0. The molecule has 10 heteroatoms. The first kappa shape index (κ1) is 34.1. The third kappa shape index (κ3) is 5.33. The van der Waals surface area contributed by atoms with Crippen LogP contribution < -0.4 is 10.6 Å². The maximum atomic E-state index is 14.0. The van der Waals surface area contributed by atoms with Crippen molar-refractivity contribution >= 4 is 23.9 Å². The highest BCUT2D eigenvalue weighted by atomic mass is 16.6. The highest BCUT2D eigenvalue weighted by molar-refractivity contribution is 5.95. The second kappa shape index (κ2) is 12.9. The monoisotopic (exact) mass is 702 g/mol. The van der Waals surface area contributed by atoms with E-state index in [0.29, 0.717) is 31.5 Å². The van der Waals surface area contributed by atoms with Crippen LogP contribution in [0.15, 0.2) is 89.2 Å². The van der Waals surface area contributed by atoms with Crippen LogP contribution in [0.4, 0.5) is 0 Å². The van der Waals surface area contributed by atoms with E-state index < -0.39 is 23.1 Å². The van der Waals surface area contributed by atoms with Crippen molar-refractivity contribution in [1.82, 2.24) is 20.4 Å². The van der Waals surface area contributed by atoms with Gasteiger partial charge in [-0.1, -0.05) is 55.8 Å². The van der Waals surface area contributed by atoms with Gasteiger partial charge in [-0.2, -0.15) is 5.10 Å². The van der Waals surface area contributed by atoms with Crippen LogP contribution in [0.2, 0.25) is 0 Å². The molecule has 0 bridgehead atoms. The highest BCUT2D eigenvalue weighted by Gasteiger charge is 2.71. The number of carbonyl (C=O) groups is 3. The molecule has 2 heterocycles. The number of aromatic nitrogens is 2. The van der Waals surface area contributed by atoms with Gasteiger partial charge in [0.15, 0.2) is 5.60 Å². The lowest BCUT2D eigenvalue weighted by Crippen LogP contribution is -2.64. The first-order chi connectivity index (χ1) is 25.1. The number of fused-ring (bicyclic) bond motifs is 6. The van der Waals surface area contributed by atoms with Gasteiger partial charge in [0.25, 0.3) is 11.8 Å². The lowest BCUT2D eigenvalue weighted by atomic mass is 9.45. The standard InChI is InChI=1S/C42H46N4O6/c1-4-43-39(50)42(52-38(49)35-14-9-19-51-35)18-17-32-31-16-15-29-21-33-28(22-40(29,2)36(31)34(47)23-41(32,42)3)25-45-46(33)30-13-8-12-27(20-30)37(48)44-24-26-10-6-5-7-11-26/h5-14,19-21,25,31-32,34,36,47H,4,15-18,22-24H2,1-3H3,(H,43,50)(H,44,48)/t31?,32?,34?,36?,40-,41-,42-/m0/s1. The number of amides is 2. The number of furan rings is 1. The number of rotatable bonds is 8. The molecule has 3 fully saturated rings. The number of nitrogens with zero attached hydrogens (tertiary/aromatic N) is 2. The lowest BCUT2D eigenvalue weighted by molar-refractivity contribution is -0.182. The first-order valence-corrected chi connectivity index (χ1v) is 18.5. The van der Waals surface area contributed by atoms with Gasteiger partial charge in [0.2, 0.25) is 5.76 Å². The van der Waals surface area contributed by atoms with Crippen molar-refractivity contribution in [2.75, 3.05) is 6.54 Å². The van der Waals surface area contributed by atoms with Crippen LogP contribution in [-0.4, -0.2) is 50.9 Å². The largest absolute Gasteiger partial charge is 0.457 e. The summed E-state index contributed by atoms with van der Waals surface area (Å²) >= 11 is 0. The van der Waals surface area contributed by atoms with Crippen LogP contribution in [0, 0.1) is 28.6 Å². The van der Waals surface area contributed by atoms with E-state index in [0.717, 1.165) is 48.2 Å². The minimum Gasteiger partial charge on any atom is -0.457 e. The molecule has 52 heavy (non-hydrogen) atoms. The molecule has 10 nitrogen and oxygen atoms in total. The van der Waals surface area contributed by atoms with Gasteiger partial charge in [-0.3, -0.25) is 9.59 Å². The van der Waals surface area contributed by atoms with Gasteiger partial charge >= 0.3 is 5.97 Å². The van der Waals surface area contributed by atoms with Gasteiger partial charge in [-0.05, 0) is 116 Å². The summed E-state index contributed by atoms with van der Waals surface area (Å²) in [4.78, 5) is 40.4. The molecular formula is C42H46N4O6. The van der Waals surface area contributed by atoms with E-state index in [1.54, 1.807) is 12.1 Å². The number of allylic oxidation sites excluding steroid dienone is 1. The molecule has 8 rings (SSSR count). The quantitative estimate of drug-likeness (QED) is 0.184. The van der Waals surface area contributed by atoms with Gasteiger partial charge < -0.3 is 24.9 Å². The molecular weight excluding hydrogens is 656 g/mol. The third-order valence-corrected chi connectivity index (χ3v) is 12.9. The molecule has 3 saturated carbocycles. The highest BCUT2D eigenvalue weighted by Crippen LogP contribution is 2.68. The Morgan fingerprint density at radius 2 is 1.87 bits per heavy atom. The lowest BCUT2D eigenvalue weighted by Gasteiger charge is -2.60. The number of hydrogen-bond donors (Lipinski definition) is 3. The maximum Gasteiger partial charge on any atom is 0.375 e. The zero-order valence-corrected chi connectivity index (χ0v) is 29.9. The van der Waals surface area contributed by atoms with E-state index in [-0.39, 0.29) is 40.7 Å². The van der Waals surface area contributed by atoms with E-state index in [1.807, 2.05) is 79.3 Å². The summed E-state index contributed by atoms with van der Waals surface area (Å²) in [5.41, 5.74) is 3.30.